The molecule has 2 heterocycles. The Kier molecular flexibility index (Phi) is 2.82. The maximum absolute atomic E-state index is 13.2. The molecule has 0 radical (unpaired) electrons. The number of hydrogen-bond acceptors (Lipinski definition) is 2. The van der Waals surface area contributed by atoms with E-state index in [1.54, 1.807) is 4.68 Å². The molecule has 3 nitrogen and oxygen atoms in total. The molecule has 1 atom stereocenters. The summed E-state index contributed by atoms with van der Waals surface area (Å²) in [7, 11) is 0. The summed E-state index contributed by atoms with van der Waals surface area (Å²) in [6, 6.07) is 0. The number of aromatic nitrogens is 2. The molecule has 0 spiro atoms. The molecule has 0 bridgehead atoms. The number of aryl methyl sites for hydroxylation is 1. The highest BCUT2D eigenvalue weighted by Crippen LogP contribution is 2.22. The predicted molar refractivity (Wildman–Crippen MR) is 50.4 cm³/mol. The third-order valence-corrected chi connectivity index (χ3v) is 2.54. The number of halogens is 1. The smallest absolute Gasteiger partial charge is 0.164 e. The Morgan fingerprint density at radius 3 is 3.07 bits per heavy atom. The minimum Gasteiger partial charge on any atom is -0.357 e. The largest absolute Gasteiger partial charge is 0.357 e. The van der Waals surface area contributed by atoms with Crippen molar-refractivity contribution < 1.29 is 9.13 Å². The van der Waals surface area contributed by atoms with Crippen molar-refractivity contribution in [3.05, 3.63) is 17.7 Å². The van der Waals surface area contributed by atoms with Gasteiger partial charge in [0.15, 0.2) is 5.82 Å². The van der Waals surface area contributed by atoms with Crippen LogP contribution in [0.5, 0.6) is 0 Å². The van der Waals surface area contributed by atoms with E-state index in [0.29, 0.717) is 12.1 Å². The predicted octanol–water partition coefficient (Wildman–Crippen LogP) is 2.28. The second kappa shape index (κ2) is 4.09. The van der Waals surface area contributed by atoms with Gasteiger partial charge in [-0.05, 0) is 25.7 Å². The van der Waals surface area contributed by atoms with Crippen molar-refractivity contribution in [1.82, 2.24) is 9.78 Å². The van der Waals surface area contributed by atoms with Crippen molar-refractivity contribution in [2.75, 3.05) is 6.61 Å². The van der Waals surface area contributed by atoms with Crippen LogP contribution < -0.4 is 0 Å². The molecule has 1 fully saturated rings. The SMILES string of the molecule is CCc1nn(C2CCCCO2)cc1F. The van der Waals surface area contributed by atoms with Gasteiger partial charge in [0.1, 0.15) is 6.23 Å². The van der Waals surface area contributed by atoms with Gasteiger partial charge in [0.2, 0.25) is 0 Å². The Balaban J connectivity index is 2.14. The Labute approximate surface area is 82.9 Å². The van der Waals surface area contributed by atoms with Crippen LogP contribution in [0.1, 0.15) is 38.1 Å². The van der Waals surface area contributed by atoms with Crippen LogP contribution in [0.4, 0.5) is 4.39 Å². The first-order valence-corrected chi connectivity index (χ1v) is 5.16. The van der Waals surface area contributed by atoms with Crippen LogP contribution in [-0.4, -0.2) is 16.4 Å². The lowest BCUT2D eigenvalue weighted by Crippen LogP contribution is -2.18. The zero-order chi connectivity index (χ0) is 9.97. The van der Waals surface area contributed by atoms with Crippen LogP contribution in [0.3, 0.4) is 0 Å². The molecule has 14 heavy (non-hydrogen) atoms. The van der Waals surface area contributed by atoms with Crippen molar-refractivity contribution in [3.8, 4) is 0 Å². The highest BCUT2D eigenvalue weighted by Gasteiger charge is 2.18. The molecule has 2 rings (SSSR count). The normalized spacial score (nSPS) is 22.6. The number of ether oxygens (including phenoxy) is 1. The van der Waals surface area contributed by atoms with Crippen LogP contribution in [0, 0.1) is 5.82 Å². The molecule has 0 N–H and O–H groups in total. The fourth-order valence-corrected chi connectivity index (χ4v) is 1.73. The highest BCUT2D eigenvalue weighted by atomic mass is 19.1. The van der Waals surface area contributed by atoms with E-state index >= 15 is 0 Å². The molecule has 4 heteroatoms. The summed E-state index contributed by atoms with van der Waals surface area (Å²) in [5.41, 5.74) is 0.527. The van der Waals surface area contributed by atoms with E-state index in [2.05, 4.69) is 5.10 Å². The summed E-state index contributed by atoms with van der Waals surface area (Å²) in [5, 5.41) is 4.17. The molecule has 0 aromatic carbocycles. The van der Waals surface area contributed by atoms with E-state index in [-0.39, 0.29) is 12.0 Å². The topological polar surface area (TPSA) is 27.1 Å². The molecule has 1 aromatic heterocycles. The minimum absolute atomic E-state index is 0.0569. The van der Waals surface area contributed by atoms with Gasteiger partial charge in [0.05, 0.1) is 11.9 Å². The van der Waals surface area contributed by atoms with E-state index in [1.165, 1.54) is 6.20 Å². The summed E-state index contributed by atoms with van der Waals surface area (Å²) >= 11 is 0. The van der Waals surface area contributed by atoms with Crippen molar-refractivity contribution in [2.45, 2.75) is 38.8 Å². The van der Waals surface area contributed by atoms with Crippen molar-refractivity contribution in [1.29, 1.82) is 0 Å². The lowest BCUT2D eigenvalue weighted by atomic mass is 10.2. The van der Waals surface area contributed by atoms with Gasteiger partial charge in [-0.3, -0.25) is 0 Å². The van der Waals surface area contributed by atoms with Crippen LogP contribution in [0.15, 0.2) is 6.20 Å². The van der Waals surface area contributed by atoms with Crippen LogP contribution in [-0.2, 0) is 11.2 Å². The summed E-state index contributed by atoms with van der Waals surface area (Å²) < 4.78 is 20.4. The zero-order valence-corrected chi connectivity index (χ0v) is 8.37. The minimum atomic E-state index is -0.221. The second-order valence-electron chi connectivity index (χ2n) is 3.58. The number of rotatable bonds is 2. The monoisotopic (exact) mass is 198 g/mol. The fraction of sp³-hybridized carbons (Fsp3) is 0.700. The van der Waals surface area contributed by atoms with Gasteiger partial charge in [0, 0.05) is 6.61 Å². The van der Waals surface area contributed by atoms with E-state index in [0.717, 1.165) is 25.9 Å². The molecule has 1 unspecified atom stereocenters. The van der Waals surface area contributed by atoms with Crippen LogP contribution in [0.25, 0.3) is 0 Å². The molecule has 1 saturated heterocycles. The molecule has 1 aliphatic heterocycles. The van der Waals surface area contributed by atoms with Gasteiger partial charge >= 0.3 is 0 Å². The van der Waals surface area contributed by atoms with Gasteiger partial charge in [-0.1, -0.05) is 6.92 Å². The van der Waals surface area contributed by atoms with Crippen LogP contribution >= 0.6 is 0 Å². The van der Waals surface area contributed by atoms with E-state index in [4.69, 9.17) is 4.74 Å². The van der Waals surface area contributed by atoms with Crippen molar-refractivity contribution in [3.63, 3.8) is 0 Å². The summed E-state index contributed by atoms with van der Waals surface area (Å²) in [6.45, 7) is 2.66. The summed E-state index contributed by atoms with van der Waals surface area (Å²) in [6.07, 6.45) is 5.18. The van der Waals surface area contributed by atoms with Gasteiger partial charge in [-0.15, -0.1) is 0 Å². The maximum atomic E-state index is 13.2. The first-order chi connectivity index (χ1) is 6.81. The van der Waals surface area contributed by atoms with Crippen molar-refractivity contribution in [2.24, 2.45) is 0 Å². The highest BCUT2D eigenvalue weighted by molar-refractivity contribution is 5.02. The Bertz CT molecular complexity index is 305. The molecule has 0 amide bonds. The van der Waals surface area contributed by atoms with Gasteiger partial charge in [-0.25, -0.2) is 9.07 Å². The van der Waals surface area contributed by atoms with Crippen LogP contribution in [0.2, 0.25) is 0 Å². The van der Waals surface area contributed by atoms with Gasteiger partial charge in [0.25, 0.3) is 0 Å². The third-order valence-electron chi connectivity index (χ3n) is 2.54. The average Bonchev–Trinajstić information content (AvgIpc) is 2.61. The molecular weight excluding hydrogens is 183 g/mol. The molecule has 78 valence electrons. The fourth-order valence-electron chi connectivity index (χ4n) is 1.73. The summed E-state index contributed by atoms with van der Waals surface area (Å²) in [4.78, 5) is 0. The average molecular weight is 198 g/mol. The Morgan fingerprint density at radius 1 is 1.64 bits per heavy atom. The maximum Gasteiger partial charge on any atom is 0.164 e. The molecular formula is C10H15FN2O. The summed E-state index contributed by atoms with van der Waals surface area (Å²) in [5.74, 6) is -0.221. The zero-order valence-electron chi connectivity index (χ0n) is 8.37. The second-order valence-corrected chi connectivity index (χ2v) is 3.58. The molecule has 1 aromatic rings. The molecule has 1 aliphatic rings. The Morgan fingerprint density at radius 2 is 2.50 bits per heavy atom. The van der Waals surface area contributed by atoms with Gasteiger partial charge < -0.3 is 4.74 Å². The quantitative estimate of drug-likeness (QED) is 0.729. The first kappa shape index (κ1) is 9.65. The standard InChI is InChI=1S/C10H15FN2O/c1-2-9-8(11)7-13(12-9)10-5-3-4-6-14-10/h7,10H,2-6H2,1H3. The van der Waals surface area contributed by atoms with E-state index < -0.39 is 0 Å². The molecule has 0 aliphatic carbocycles. The first-order valence-electron chi connectivity index (χ1n) is 5.16. The van der Waals surface area contributed by atoms with E-state index in [9.17, 15) is 4.39 Å². The lowest BCUT2D eigenvalue weighted by Gasteiger charge is -2.22. The number of hydrogen-bond donors (Lipinski definition) is 0. The lowest BCUT2D eigenvalue weighted by molar-refractivity contribution is -0.0398. The Hall–Kier alpha value is -0.900. The van der Waals surface area contributed by atoms with Gasteiger partial charge in [-0.2, -0.15) is 5.10 Å². The van der Waals surface area contributed by atoms with Crippen molar-refractivity contribution >= 4 is 0 Å². The number of nitrogens with zero attached hydrogens (tertiary/aromatic N) is 2. The van der Waals surface area contributed by atoms with E-state index in [1.807, 2.05) is 6.92 Å². The molecule has 0 saturated carbocycles. The third kappa shape index (κ3) is 1.80.